The molecule has 0 unspecified atom stereocenters. The zero-order valence-corrected chi connectivity index (χ0v) is 9.21. The molecule has 0 fully saturated rings. The van der Waals surface area contributed by atoms with E-state index in [0.717, 1.165) is 18.5 Å². The molecular weight excluding hydrogens is 289 g/mol. The van der Waals surface area contributed by atoms with Gasteiger partial charge in [0.2, 0.25) is 12.2 Å². The molecule has 0 saturated carbocycles. The van der Waals surface area contributed by atoms with Gasteiger partial charge in [0, 0.05) is 10.0 Å². The van der Waals surface area contributed by atoms with Crippen molar-refractivity contribution in [2.24, 2.45) is 0 Å². The Labute approximate surface area is 96.4 Å². The zero-order valence-electron chi connectivity index (χ0n) is 7.62. The van der Waals surface area contributed by atoms with E-state index in [2.05, 4.69) is 30.6 Å². The largest absolute Gasteiger partial charge is 0.416 e. The standard InChI is InChI=1S/C9H4BrF3N2O/c10-7-2-5(8-14-4-16-15-8)1-6(3-7)9(11,12)13/h1-4H. The fraction of sp³-hybridized carbons (Fsp3) is 0.111. The van der Waals surface area contributed by atoms with Crippen LogP contribution in [0, 0.1) is 0 Å². The van der Waals surface area contributed by atoms with Crippen LogP contribution in [-0.4, -0.2) is 10.1 Å². The molecule has 0 N–H and O–H groups in total. The van der Waals surface area contributed by atoms with Gasteiger partial charge in [0.1, 0.15) is 0 Å². The lowest BCUT2D eigenvalue weighted by molar-refractivity contribution is -0.137. The number of hydrogen-bond acceptors (Lipinski definition) is 3. The van der Waals surface area contributed by atoms with Crippen LogP contribution in [0.15, 0.2) is 33.6 Å². The van der Waals surface area contributed by atoms with E-state index in [1.165, 1.54) is 6.07 Å². The van der Waals surface area contributed by atoms with Crippen molar-refractivity contribution in [3.05, 3.63) is 34.6 Å². The summed E-state index contributed by atoms with van der Waals surface area (Å²) >= 11 is 3.00. The molecule has 3 nitrogen and oxygen atoms in total. The van der Waals surface area contributed by atoms with Gasteiger partial charge in [-0.3, -0.25) is 0 Å². The Hall–Kier alpha value is -1.37. The first-order chi connectivity index (χ1) is 7.47. The Kier molecular flexibility index (Phi) is 2.71. The molecule has 7 heteroatoms. The molecule has 0 aliphatic carbocycles. The van der Waals surface area contributed by atoms with Crippen molar-refractivity contribution in [1.82, 2.24) is 10.1 Å². The van der Waals surface area contributed by atoms with Crippen molar-refractivity contribution in [2.45, 2.75) is 6.18 Å². The van der Waals surface area contributed by atoms with Crippen LogP contribution < -0.4 is 0 Å². The van der Waals surface area contributed by atoms with E-state index in [4.69, 9.17) is 0 Å². The van der Waals surface area contributed by atoms with E-state index in [9.17, 15) is 13.2 Å². The monoisotopic (exact) mass is 292 g/mol. The molecule has 0 aliphatic heterocycles. The van der Waals surface area contributed by atoms with Crippen LogP contribution in [0.1, 0.15) is 5.56 Å². The number of aromatic nitrogens is 2. The molecular formula is C9H4BrF3N2O. The molecule has 0 saturated heterocycles. The summed E-state index contributed by atoms with van der Waals surface area (Å²) in [7, 11) is 0. The number of alkyl halides is 3. The molecule has 0 amide bonds. The SMILES string of the molecule is FC(F)(F)c1cc(Br)cc(-c2ncon2)c1. The van der Waals surface area contributed by atoms with Crippen LogP contribution in [0.5, 0.6) is 0 Å². The first-order valence-corrected chi connectivity index (χ1v) is 4.90. The van der Waals surface area contributed by atoms with E-state index in [-0.39, 0.29) is 11.4 Å². The first kappa shape index (κ1) is 11.1. The Morgan fingerprint density at radius 1 is 1.19 bits per heavy atom. The molecule has 1 aromatic heterocycles. The van der Waals surface area contributed by atoms with Crippen LogP contribution in [-0.2, 0) is 6.18 Å². The molecule has 0 radical (unpaired) electrons. The average Bonchev–Trinajstić information content (AvgIpc) is 2.68. The normalized spacial score (nSPS) is 11.8. The number of benzene rings is 1. The Morgan fingerprint density at radius 2 is 1.94 bits per heavy atom. The fourth-order valence-corrected chi connectivity index (χ4v) is 1.67. The second-order valence-electron chi connectivity index (χ2n) is 2.98. The second kappa shape index (κ2) is 3.89. The van der Waals surface area contributed by atoms with Gasteiger partial charge in [-0.25, -0.2) is 0 Å². The van der Waals surface area contributed by atoms with E-state index in [1.807, 2.05) is 0 Å². The maximum atomic E-state index is 12.5. The van der Waals surface area contributed by atoms with E-state index >= 15 is 0 Å². The van der Waals surface area contributed by atoms with Gasteiger partial charge in [0.15, 0.2) is 0 Å². The predicted molar refractivity (Wildman–Crippen MR) is 52.4 cm³/mol. The summed E-state index contributed by atoms with van der Waals surface area (Å²) < 4.78 is 42.3. The summed E-state index contributed by atoms with van der Waals surface area (Å²) in [6.45, 7) is 0. The molecule has 1 heterocycles. The molecule has 0 atom stereocenters. The summed E-state index contributed by atoms with van der Waals surface area (Å²) in [6.07, 6.45) is -3.34. The van der Waals surface area contributed by atoms with Crippen molar-refractivity contribution in [3.63, 3.8) is 0 Å². The number of hydrogen-bond donors (Lipinski definition) is 0. The van der Waals surface area contributed by atoms with Gasteiger partial charge in [0.25, 0.3) is 0 Å². The summed E-state index contributed by atoms with van der Waals surface area (Å²) in [5.74, 6) is 0.117. The molecule has 0 bridgehead atoms. The van der Waals surface area contributed by atoms with Crippen LogP contribution in [0.25, 0.3) is 11.4 Å². The van der Waals surface area contributed by atoms with Crippen LogP contribution in [0.2, 0.25) is 0 Å². The first-order valence-electron chi connectivity index (χ1n) is 4.11. The van der Waals surface area contributed by atoms with Crippen molar-refractivity contribution in [1.29, 1.82) is 0 Å². The van der Waals surface area contributed by atoms with Crippen molar-refractivity contribution in [2.75, 3.05) is 0 Å². The zero-order chi connectivity index (χ0) is 11.8. The van der Waals surface area contributed by atoms with Gasteiger partial charge in [-0.2, -0.15) is 18.2 Å². The van der Waals surface area contributed by atoms with Crippen molar-refractivity contribution >= 4 is 15.9 Å². The van der Waals surface area contributed by atoms with Gasteiger partial charge in [-0.05, 0) is 18.2 Å². The lowest BCUT2D eigenvalue weighted by Crippen LogP contribution is -2.05. The molecule has 16 heavy (non-hydrogen) atoms. The Bertz CT molecular complexity index is 496. The highest BCUT2D eigenvalue weighted by molar-refractivity contribution is 9.10. The van der Waals surface area contributed by atoms with Gasteiger partial charge < -0.3 is 4.52 Å². The summed E-state index contributed by atoms with van der Waals surface area (Å²) in [5.41, 5.74) is -0.517. The van der Waals surface area contributed by atoms with Gasteiger partial charge in [-0.1, -0.05) is 21.1 Å². The highest BCUT2D eigenvalue weighted by Gasteiger charge is 2.31. The fourth-order valence-electron chi connectivity index (χ4n) is 1.18. The summed E-state index contributed by atoms with van der Waals surface area (Å²) in [4.78, 5) is 3.68. The quantitative estimate of drug-likeness (QED) is 0.807. The third-order valence-corrected chi connectivity index (χ3v) is 2.30. The van der Waals surface area contributed by atoms with Crippen molar-refractivity contribution in [3.8, 4) is 11.4 Å². The van der Waals surface area contributed by atoms with E-state index < -0.39 is 11.7 Å². The molecule has 84 valence electrons. The van der Waals surface area contributed by atoms with Gasteiger partial charge in [0.05, 0.1) is 5.56 Å². The van der Waals surface area contributed by atoms with Gasteiger partial charge >= 0.3 is 6.18 Å². The highest BCUT2D eigenvalue weighted by atomic mass is 79.9. The van der Waals surface area contributed by atoms with Gasteiger partial charge in [-0.15, -0.1) is 0 Å². The maximum Gasteiger partial charge on any atom is 0.416 e. The number of rotatable bonds is 1. The van der Waals surface area contributed by atoms with Crippen molar-refractivity contribution < 1.29 is 17.7 Å². The minimum Gasteiger partial charge on any atom is -0.342 e. The number of nitrogens with zero attached hydrogens (tertiary/aromatic N) is 2. The average molecular weight is 293 g/mol. The summed E-state index contributed by atoms with van der Waals surface area (Å²) in [6, 6.07) is 3.44. The topological polar surface area (TPSA) is 38.9 Å². The smallest absolute Gasteiger partial charge is 0.342 e. The maximum absolute atomic E-state index is 12.5. The highest BCUT2D eigenvalue weighted by Crippen LogP contribution is 2.33. The van der Waals surface area contributed by atoms with Crippen LogP contribution in [0.3, 0.4) is 0 Å². The predicted octanol–water partition coefficient (Wildman–Crippen LogP) is 3.52. The minimum atomic E-state index is -4.40. The molecule has 0 aliphatic rings. The van der Waals surface area contributed by atoms with E-state index in [0.29, 0.717) is 4.47 Å². The van der Waals surface area contributed by atoms with Crippen LogP contribution in [0.4, 0.5) is 13.2 Å². The number of halogens is 4. The summed E-state index contributed by atoms with van der Waals surface area (Å²) in [5, 5.41) is 3.48. The van der Waals surface area contributed by atoms with E-state index in [1.54, 1.807) is 0 Å². The Balaban J connectivity index is 2.53. The minimum absolute atomic E-state index is 0.117. The molecule has 2 rings (SSSR count). The lowest BCUT2D eigenvalue weighted by Gasteiger charge is -2.08. The Morgan fingerprint density at radius 3 is 2.50 bits per heavy atom. The molecule has 1 aromatic carbocycles. The lowest BCUT2D eigenvalue weighted by atomic mass is 10.1. The third kappa shape index (κ3) is 2.24. The van der Waals surface area contributed by atoms with Crippen LogP contribution >= 0.6 is 15.9 Å². The second-order valence-corrected chi connectivity index (χ2v) is 3.90. The third-order valence-electron chi connectivity index (χ3n) is 1.84. The molecule has 0 spiro atoms. The molecule has 2 aromatic rings.